The molecule has 1 aromatic rings. The standard InChI is InChI=1S/C17H28O2Si/c1-5-14-20(15(4)18-7-3)19-13-12-17-11-9-8-10-16(17)6-2/h6,8-11,15,20H,2,5,7,12-14H2,1,3-4H3. The molecule has 0 radical (unpaired) electrons. The van der Waals surface area contributed by atoms with Crippen LogP contribution in [-0.2, 0) is 15.6 Å². The fraction of sp³-hybridized carbons (Fsp3) is 0.529. The van der Waals surface area contributed by atoms with Gasteiger partial charge in [0, 0.05) is 13.2 Å². The highest BCUT2D eigenvalue weighted by Gasteiger charge is 2.19. The average molecular weight is 292 g/mol. The largest absolute Gasteiger partial charge is 0.417 e. The number of benzene rings is 1. The van der Waals surface area contributed by atoms with Crippen LogP contribution in [0.2, 0.25) is 6.04 Å². The highest BCUT2D eigenvalue weighted by Crippen LogP contribution is 2.13. The zero-order valence-electron chi connectivity index (χ0n) is 13.1. The summed E-state index contributed by atoms with van der Waals surface area (Å²) in [5, 5.41) is 0. The van der Waals surface area contributed by atoms with E-state index in [1.807, 2.05) is 19.1 Å². The van der Waals surface area contributed by atoms with Crippen LogP contribution in [0.3, 0.4) is 0 Å². The second kappa shape index (κ2) is 9.92. The van der Waals surface area contributed by atoms with Gasteiger partial charge in [0.25, 0.3) is 0 Å². The second-order valence-corrected chi connectivity index (χ2v) is 7.94. The maximum atomic E-state index is 6.18. The van der Waals surface area contributed by atoms with E-state index in [9.17, 15) is 0 Å². The van der Waals surface area contributed by atoms with Crippen LogP contribution in [-0.4, -0.2) is 28.0 Å². The molecule has 0 heterocycles. The first-order valence-electron chi connectivity index (χ1n) is 7.66. The first kappa shape index (κ1) is 17.1. The van der Waals surface area contributed by atoms with Crippen LogP contribution in [0.5, 0.6) is 0 Å². The summed E-state index contributed by atoms with van der Waals surface area (Å²) >= 11 is 0. The fourth-order valence-electron chi connectivity index (χ4n) is 2.39. The van der Waals surface area contributed by atoms with Gasteiger partial charge in [0.15, 0.2) is 0 Å². The van der Waals surface area contributed by atoms with Crippen molar-refractivity contribution in [2.24, 2.45) is 0 Å². The minimum Gasteiger partial charge on any atom is -0.417 e. The molecular formula is C17H28O2Si. The molecule has 0 saturated heterocycles. The van der Waals surface area contributed by atoms with Gasteiger partial charge in [-0.1, -0.05) is 50.3 Å². The van der Waals surface area contributed by atoms with Gasteiger partial charge in [-0.3, -0.25) is 0 Å². The molecule has 2 atom stereocenters. The Bertz CT molecular complexity index is 392. The van der Waals surface area contributed by atoms with E-state index in [2.05, 4.69) is 38.6 Å². The van der Waals surface area contributed by atoms with E-state index in [0.717, 1.165) is 19.6 Å². The molecule has 20 heavy (non-hydrogen) atoms. The minimum atomic E-state index is -1.26. The van der Waals surface area contributed by atoms with Crippen LogP contribution in [0.1, 0.15) is 38.3 Å². The van der Waals surface area contributed by atoms with Crippen LogP contribution >= 0.6 is 0 Å². The molecule has 0 saturated carbocycles. The molecular weight excluding hydrogens is 264 g/mol. The Morgan fingerprint density at radius 3 is 2.70 bits per heavy atom. The molecule has 2 unspecified atom stereocenters. The lowest BCUT2D eigenvalue weighted by Crippen LogP contribution is -2.34. The summed E-state index contributed by atoms with van der Waals surface area (Å²) in [5.74, 6) is 0. The maximum Gasteiger partial charge on any atom is 0.204 e. The third kappa shape index (κ3) is 5.61. The van der Waals surface area contributed by atoms with Crippen LogP contribution < -0.4 is 0 Å². The van der Waals surface area contributed by atoms with Crippen molar-refractivity contribution in [1.82, 2.24) is 0 Å². The molecule has 3 heteroatoms. The van der Waals surface area contributed by atoms with E-state index >= 15 is 0 Å². The molecule has 1 rings (SSSR count). The van der Waals surface area contributed by atoms with Gasteiger partial charge in [0.1, 0.15) is 0 Å². The van der Waals surface area contributed by atoms with Gasteiger partial charge >= 0.3 is 0 Å². The van der Waals surface area contributed by atoms with E-state index in [1.54, 1.807) is 0 Å². The molecule has 0 aliphatic heterocycles. The van der Waals surface area contributed by atoms with Gasteiger partial charge in [-0.25, -0.2) is 0 Å². The Labute approximate surface area is 125 Å². The molecule has 0 fully saturated rings. The molecule has 0 aliphatic carbocycles. The van der Waals surface area contributed by atoms with Crippen molar-refractivity contribution in [3.8, 4) is 0 Å². The highest BCUT2D eigenvalue weighted by molar-refractivity contribution is 6.53. The van der Waals surface area contributed by atoms with Crippen LogP contribution in [0.15, 0.2) is 30.8 Å². The minimum absolute atomic E-state index is 0.301. The number of hydrogen-bond acceptors (Lipinski definition) is 2. The Kier molecular flexibility index (Phi) is 8.50. The predicted octanol–water partition coefficient (Wildman–Crippen LogP) is 3.99. The average Bonchev–Trinajstić information content (AvgIpc) is 2.47. The summed E-state index contributed by atoms with van der Waals surface area (Å²) in [7, 11) is -1.26. The molecule has 1 aromatic carbocycles. The lowest BCUT2D eigenvalue weighted by Gasteiger charge is -2.22. The van der Waals surface area contributed by atoms with Crippen molar-refractivity contribution >= 4 is 15.1 Å². The van der Waals surface area contributed by atoms with Gasteiger partial charge in [-0.05, 0) is 37.4 Å². The third-order valence-corrected chi connectivity index (χ3v) is 6.55. The first-order chi connectivity index (χ1) is 9.72. The molecule has 0 aromatic heterocycles. The number of ether oxygens (including phenoxy) is 1. The second-order valence-electron chi connectivity index (χ2n) is 5.01. The summed E-state index contributed by atoms with van der Waals surface area (Å²) < 4.78 is 11.9. The van der Waals surface area contributed by atoms with Crippen molar-refractivity contribution < 1.29 is 9.16 Å². The summed E-state index contributed by atoms with van der Waals surface area (Å²) in [5.41, 5.74) is 2.83. The molecule has 0 aliphatic rings. The third-order valence-electron chi connectivity index (χ3n) is 3.50. The monoisotopic (exact) mass is 292 g/mol. The molecule has 112 valence electrons. The van der Waals surface area contributed by atoms with Gasteiger partial charge in [0.05, 0.1) is 5.73 Å². The number of hydrogen-bond donors (Lipinski definition) is 0. The molecule has 0 spiro atoms. The first-order valence-corrected chi connectivity index (χ1v) is 9.61. The predicted molar refractivity (Wildman–Crippen MR) is 89.5 cm³/mol. The van der Waals surface area contributed by atoms with Gasteiger partial charge in [-0.15, -0.1) is 0 Å². The van der Waals surface area contributed by atoms with Gasteiger partial charge in [-0.2, -0.15) is 0 Å². The van der Waals surface area contributed by atoms with E-state index < -0.39 is 9.04 Å². The smallest absolute Gasteiger partial charge is 0.204 e. The Balaban J connectivity index is 2.49. The van der Waals surface area contributed by atoms with Crippen LogP contribution in [0, 0.1) is 0 Å². The van der Waals surface area contributed by atoms with Crippen LogP contribution in [0.4, 0.5) is 0 Å². The molecule has 0 N–H and O–H groups in total. The maximum absolute atomic E-state index is 6.18. The number of rotatable bonds is 10. The van der Waals surface area contributed by atoms with E-state index in [4.69, 9.17) is 9.16 Å². The van der Waals surface area contributed by atoms with Gasteiger partial charge in [0.2, 0.25) is 9.04 Å². The molecule has 0 amide bonds. The Morgan fingerprint density at radius 1 is 1.30 bits per heavy atom. The zero-order valence-corrected chi connectivity index (χ0v) is 14.3. The van der Waals surface area contributed by atoms with Crippen molar-refractivity contribution in [1.29, 1.82) is 0 Å². The normalized spacial score (nSPS) is 13.9. The topological polar surface area (TPSA) is 18.5 Å². The van der Waals surface area contributed by atoms with Gasteiger partial charge < -0.3 is 9.16 Å². The summed E-state index contributed by atoms with van der Waals surface area (Å²) in [4.78, 5) is 0. The highest BCUT2D eigenvalue weighted by atomic mass is 28.3. The van der Waals surface area contributed by atoms with Crippen molar-refractivity contribution in [3.05, 3.63) is 42.0 Å². The lowest BCUT2D eigenvalue weighted by atomic mass is 10.1. The summed E-state index contributed by atoms with van der Waals surface area (Å²) in [6, 6.07) is 9.57. The molecule has 0 bridgehead atoms. The lowest BCUT2D eigenvalue weighted by molar-refractivity contribution is 0.109. The SMILES string of the molecule is C=Cc1ccccc1CCO[SiH](CCC)C(C)OCC. The summed E-state index contributed by atoms with van der Waals surface area (Å²) in [6.45, 7) is 11.9. The quantitative estimate of drug-likeness (QED) is 0.607. The van der Waals surface area contributed by atoms with Crippen molar-refractivity contribution in [2.75, 3.05) is 13.2 Å². The van der Waals surface area contributed by atoms with Crippen molar-refractivity contribution in [3.63, 3.8) is 0 Å². The van der Waals surface area contributed by atoms with E-state index in [1.165, 1.54) is 23.6 Å². The van der Waals surface area contributed by atoms with E-state index in [-0.39, 0.29) is 0 Å². The molecule has 2 nitrogen and oxygen atoms in total. The van der Waals surface area contributed by atoms with E-state index in [0.29, 0.717) is 5.73 Å². The van der Waals surface area contributed by atoms with Crippen molar-refractivity contribution in [2.45, 2.75) is 45.4 Å². The zero-order chi connectivity index (χ0) is 14.8. The Hall–Kier alpha value is -0.903. The Morgan fingerprint density at radius 2 is 2.05 bits per heavy atom. The summed E-state index contributed by atoms with van der Waals surface area (Å²) in [6.07, 6.45) is 4.05. The van der Waals surface area contributed by atoms with Crippen LogP contribution in [0.25, 0.3) is 6.08 Å². The fourth-order valence-corrected chi connectivity index (χ4v) is 4.69.